The molecule has 0 bridgehead atoms. The predicted molar refractivity (Wildman–Crippen MR) is 83.1 cm³/mol. The van der Waals surface area contributed by atoms with Gasteiger partial charge in [0.05, 0.1) is 0 Å². The van der Waals surface area contributed by atoms with E-state index < -0.39 is 0 Å². The molecular formula is C16H19NS. The molecule has 0 amide bonds. The van der Waals surface area contributed by atoms with Crippen molar-refractivity contribution in [2.75, 3.05) is 12.4 Å². The van der Waals surface area contributed by atoms with Crippen LogP contribution in [0.2, 0.25) is 0 Å². The fourth-order valence-corrected chi connectivity index (χ4v) is 3.08. The second kappa shape index (κ2) is 5.40. The average Bonchev–Trinajstić information content (AvgIpc) is 2.41. The summed E-state index contributed by atoms with van der Waals surface area (Å²) in [5, 5.41) is 3.13. The summed E-state index contributed by atoms with van der Waals surface area (Å²) in [6, 6.07) is 15.1. The number of nitrogens with one attached hydrogen (secondary N) is 1. The van der Waals surface area contributed by atoms with Gasteiger partial charge >= 0.3 is 0 Å². The Morgan fingerprint density at radius 2 is 1.50 bits per heavy atom. The molecule has 94 valence electrons. The quantitative estimate of drug-likeness (QED) is 0.800. The molecule has 0 aliphatic carbocycles. The lowest BCUT2D eigenvalue weighted by molar-refractivity contribution is 1.27. The summed E-state index contributed by atoms with van der Waals surface area (Å²) in [7, 11) is 1.83. The van der Waals surface area contributed by atoms with E-state index in [-0.39, 0.29) is 10.5 Å². The molecule has 2 rings (SSSR count). The molecule has 1 unspecified atom stereocenters. The molecule has 0 fully saturated rings. The highest BCUT2D eigenvalue weighted by molar-refractivity contribution is 8.14. The fraction of sp³-hybridized carbons (Fsp3) is 0.188. The molecule has 2 aromatic carbocycles. The van der Waals surface area contributed by atoms with Crippen molar-refractivity contribution in [3.05, 3.63) is 53.6 Å². The van der Waals surface area contributed by atoms with Gasteiger partial charge in [-0.3, -0.25) is 0 Å². The van der Waals surface area contributed by atoms with E-state index in [0.29, 0.717) is 0 Å². The second-order valence-electron chi connectivity index (χ2n) is 4.41. The van der Waals surface area contributed by atoms with Crippen molar-refractivity contribution in [2.45, 2.75) is 23.6 Å². The summed E-state index contributed by atoms with van der Waals surface area (Å²) in [5.74, 6) is 4.31. The van der Waals surface area contributed by atoms with E-state index in [9.17, 15) is 0 Å². The molecule has 1 atom stereocenters. The summed E-state index contributed by atoms with van der Waals surface area (Å²) < 4.78 is 0. The highest BCUT2D eigenvalue weighted by atomic mass is 32.2. The molecule has 2 aromatic rings. The Hall–Kier alpha value is -1.54. The Balaban J connectivity index is 2.32. The van der Waals surface area contributed by atoms with Crippen LogP contribution in [-0.4, -0.2) is 12.9 Å². The van der Waals surface area contributed by atoms with Crippen molar-refractivity contribution in [1.82, 2.24) is 0 Å². The highest BCUT2D eigenvalue weighted by Gasteiger charge is 2.02. The topological polar surface area (TPSA) is 12.0 Å². The van der Waals surface area contributed by atoms with Crippen LogP contribution in [-0.2, 0) is 0 Å². The number of rotatable bonds is 3. The molecule has 0 aromatic heterocycles. The standard InChI is InChI=1S/C16H19NS/c1-12-5-8-16(11-13(12)2)18(4)15-9-6-14(17-3)7-10-15/h5-11,17H,4H2,1-3H3. The van der Waals surface area contributed by atoms with Crippen LogP contribution in [0.1, 0.15) is 11.1 Å². The van der Waals surface area contributed by atoms with Crippen LogP contribution in [0.15, 0.2) is 52.3 Å². The van der Waals surface area contributed by atoms with Gasteiger partial charge in [0.15, 0.2) is 0 Å². The van der Waals surface area contributed by atoms with Gasteiger partial charge in [-0.15, -0.1) is 10.5 Å². The van der Waals surface area contributed by atoms with Crippen LogP contribution in [0.3, 0.4) is 0 Å². The molecule has 0 radical (unpaired) electrons. The number of benzene rings is 2. The lowest BCUT2D eigenvalue weighted by atomic mass is 10.1. The number of hydrogen-bond acceptors (Lipinski definition) is 1. The Labute approximate surface area is 112 Å². The summed E-state index contributed by atoms with van der Waals surface area (Å²) in [4.78, 5) is 2.58. The molecule has 0 saturated heterocycles. The van der Waals surface area contributed by atoms with Gasteiger partial charge in [-0.1, -0.05) is 11.9 Å². The lowest BCUT2D eigenvalue weighted by Crippen LogP contribution is -1.87. The van der Waals surface area contributed by atoms with Gasteiger partial charge in [-0.2, -0.15) is 0 Å². The molecule has 18 heavy (non-hydrogen) atoms. The molecule has 1 N–H and O–H groups in total. The third kappa shape index (κ3) is 2.65. The van der Waals surface area contributed by atoms with Gasteiger partial charge in [0.2, 0.25) is 0 Å². The molecular weight excluding hydrogens is 238 g/mol. The average molecular weight is 257 g/mol. The smallest absolute Gasteiger partial charge is 0.0338 e. The minimum absolute atomic E-state index is 0.103. The maximum Gasteiger partial charge on any atom is 0.0338 e. The summed E-state index contributed by atoms with van der Waals surface area (Å²) in [5.41, 5.74) is 3.80. The summed E-state index contributed by atoms with van der Waals surface area (Å²) in [6.45, 7) is 4.29. The summed E-state index contributed by atoms with van der Waals surface area (Å²) in [6.07, 6.45) is 0. The molecule has 0 aliphatic heterocycles. The third-order valence-electron chi connectivity index (χ3n) is 3.19. The van der Waals surface area contributed by atoms with E-state index in [2.05, 4.69) is 67.5 Å². The zero-order valence-electron chi connectivity index (χ0n) is 11.2. The Bertz CT molecular complexity index is 570. The van der Waals surface area contributed by atoms with Crippen LogP contribution < -0.4 is 5.32 Å². The van der Waals surface area contributed by atoms with E-state index in [0.717, 1.165) is 5.69 Å². The number of aryl methyl sites for hydroxylation is 2. The largest absolute Gasteiger partial charge is 0.388 e. The van der Waals surface area contributed by atoms with E-state index in [1.807, 2.05) is 7.05 Å². The Morgan fingerprint density at radius 1 is 0.889 bits per heavy atom. The first kappa shape index (κ1) is 12.9. The van der Waals surface area contributed by atoms with Crippen molar-refractivity contribution in [1.29, 1.82) is 0 Å². The van der Waals surface area contributed by atoms with Crippen LogP contribution in [0.25, 0.3) is 0 Å². The first-order valence-electron chi connectivity index (χ1n) is 6.01. The molecule has 0 spiro atoms. The molecule has 0 heterocycles. The van der Waals surface area contributed by atoms with Crippen LogP contribution in [0, 0.1) is 13.8 Å². The normalized spacial score (nSPS) is 12.2. The van der Waals surface area contributed by atoms with Crippen LogP contribution >= 0.6 is 10.5 Å². The maximum atomic E-state index is 4.31. The molecule has 1 nitrogen and oxygen atoms in total. The number of hydrogen-bond donors (Lipinski definition) is 1. The zero-order valence-corrected chi connectivity index (χ0v) is 12.0. The van der Waals surface area contributed by atoms with Gasteiger partial charge in [-0.25, -0.2) is 0 Å². The second-order valence-corrected chi connectivity index (χ2v) is 6.14. The first-order chi connectivity index (χ1) is 8.61. The predicted octanol–water partition coefficient (Wildman–Crippen LogP) is 4.46. The lowest BCUT2D eigenvalue weighted by Gasteiger charge is -2.11. The van der Waals surface area contributed by atoms with Crippen molar-refractivity contribution in [3.63, 3.8) is 0 Å². The van der Waals surface area contributed by atoms with Gasteiger partial charge in [0.25, 0.3) is 0 Å². The van der Waals surface area contributed by atoms with Gasteiger partial charge in [-0.05, 0) is 61.4 Å². The van der Waals surface area contributed by atoms with Crippen molar-refractivity contribution in [2.24, 2.45) is 0 Å². The zero-order chi connectivity index (χ0) is 13.1. The minimum atomic E-state index is -0.103. The third-order valence-corrected chi connectivity index (χ3v) is 4.85. The van der Waals surface area contributed by atoms with Crippen molar-refractivity contribution >= 4 is 22.0 Å². The van der Waals surface area contributed by atoms with E-state index >= 15 is 0 Å². The number of anilines is 1. The Morgan fingerprint density at radius 3 is 2.06 bits per heavy atom. The fourth-order valence-electron chi connectivity index (χ4n) is 1.79. The first-order valence-corrected chi connectivity index (χ1v) is 7.40. The van der Waals surface area contributed by atoms with E-state index in [4.69, 9.17) is 0 Å². The molecule has 2 heteroatoms. The SMILES string of the molecule is C=S(c1ccc(NC)cc1)c1ccc(C)c(C)c1. The minimum Gasteiger partial charge on any atom is -0.388 e. The summed E-state index contributed by atoms with van der Waals surface area (Å²) >= 11 is 0. The van der Waals surface area contributed by atoms with Gasteiger partial charge in [0.1, 0.15) is 0 Å². The highest BCUT2D eigenvalue weighted by Crippen LogP contribution is 2.35. The van der Waals surface area contributed by atoms with Crippen molar-refractivity contribution < 1.29 is 0 Å². The monoisotopic (exact) mass is 257 g/mol. The maximum absolute atomic E-state index is 4.31. The van der Waals surface area contributed by atoms with Crippen LogP contribution in [0.4, 0.5) is 5.69 Å². The van der Waals surface area contributed by atoms with Crippen molar-refractivity contribution in [3.8, 4) is 0 Å². The van der Waals surface area contributed by atoms with Gasteiger partial charge < -0.3 is 5.32 Å². The van der Waals surface area contributed by atoms with E-state index in [1.165, 1.54) is 20.9 Å². The van der Waals surface area contributed by atoms with Crippen LogP contribution in [0.5, 0.6) is 0 Å². The molecule has 0 saturated carbocycles. The molecule has 0 aliphatic rings. The van der Waals surface area contributed by atoms with E-state index in [1.54, 1.807) is 0 Å². The van der Waals surface area contributed by atoms with Gasteiger partial charge in [0, 0.05) is 22.5 Å². The Kier molecular flexibility index (Phi) is 3.87.